The largest absolute Gasteiger partial charge is 0.497 e. The van der Waals surface area contributed by atoms with E-state index in [-0.39, 0.29) is 0 Å². The van der Waals surface area contributed by atoms with E-state index in [2.05, 4.69) is 10.1 Å². The lowest BCUT2D eigenvalue weighted by atomic mass is 10.1. The van der Waals surface area contributed by atoms with Crippen molar-refractivity contribution in [2.45, 2.75) is 13.8 Å². The SMILES string of the molecule is COc1ccc2ccnc(-n3nc(C)c(N)c3C)c2c1. The molecule has 0 aliphatic rings. The maximum Gasteiger partial charge on any atom is 0.161 e. The van der Waals surface area contributed by atoms with Crippen LogP contribution in [0.2, 0.25) is 0 Å². The summed E-state index contributed by atoms with van der Waals surface area (Å²) in [5, 5.41) is 6.54. The van der Waals surface area contributed by atoms with E-state index < -0.39 is 0 Å². The van der Waals surface area contributed by atoms with Gasteiger partial charge in [0.1, 0.15) is 5.75 Å². The summed E-state index contributed by atoms with van der Waals surface area (Å²) in [4.78, 5) is 4.46. The smallest absolute Gasteiger partial charge is 0.161 e. The van der Waals surface area contributed by atoms with Crippen LogP contribution in [0.15, 0.2) is 30.5 Å². The van der Waals surface area contributed by atoms with Gasteiger partial charge in [-0.2, -0.15) is 5.10 Å². The molecule has 0 fully saturated rings. The van der Waals surface area contributed by atoms with Gasteiger partial charge in [-0.15, -0.1) is 0 Å². The summed E-state index contributed by atoms with van der Waals surface area (Å²) in [5.74, 6) is 1.56. The van der Waals surface area contributed by atoms with Crippen LogP contribution in [0, 0.1) is 13.8 Å². The first-order valence-corrected chi connectivity index (χ1v) is 6.36. The number of pyridine rings is 1. The van der Waals surface area contributed by atoms with E-state index >= 15 is 0 Å². The van der Waals surface area contributed by atoms with Gasteiger partial charge in [0.2, 0.25) is 0 Å². The van der Waals surface area contributed by atoms with Gasteiger partial charge in [0.05, 0.1) is 24.2 Å². The third-order valence-corrected chi connectivity index (χ3v) is 3.50. The van der Waals surface area contributed by atoms with E-state index in [1.54, 1.807) is 18.0 Å². The molecule has 0 atom stereocenters. The zero-order valence-electron chi connectivity index (χ0n) is 11.7. The predicted octanol–water partition coefficient (Wildman–Crippen LogP) is 2.63. The van der Waals surface area contributed by atoms with Crippen LogP contribution in [0.25, 0.3) is 16.6 Å². The highest BCUT2D eigenvalue weighted by atomic mass is 16.5. The molecule has 2 N–H and O–H groups in total. The van der Waals surface area contributed by atoms with Gasteiger partial charge in [-0.1, -0.05) is 6.07 Å². The number of fused-ring (bicyclic) bond motifs is 1. The first kappa shape index (κ1) is 12.5. The molecule has 5 nitrogen and oxygen atoms in total. The number of benzene rings is 1. The molecule has 2 aromatic heterocycles. The fourth-order valence-corrected chi connectivity index (χ4v) is 2.29. The van der Waals surface area contributed by atoms with Crippen LogP contribution in [0.3, 0.4) is 0 Å². The van der Waals surface area contributed by atoms with Gasteiger partial charge in [-0.05, 0) is 37.4 Å². The molecule has 0 aliphatic heterocycles. The van der Waals surface area contributed by atoms with Crippen molar-refractivity contribution in [1.29, 1.82) is 0 Å². The van der Waals surface area contributed by atoms with Gasteiger partial charge in [-0.3, -0.25) is 0 Å². The highest BCUT2D eigenvalue weighted by Crippen LogP contribution is 2.27. The van der Waals surface area contributed by atoms with Crippen LogP contribution in [0.5, 0.6) is 5.75 Å². The van der Waals surface area contributed by atoms with E-state index in [1.165, 1.54) is 0 Å². The second-order valence-electron chi connectivity index (χ2n) is 4.72. The van der Waals surface area contributed by atoms with Crippen LogP contribution in [0.1, 0.15) is 11.4 Å². The number of nitrogens with two attached hydrogens (primary N) is 1. The molecule has 0 saturated heterocycles. The van der Waals surface area contributed by atoms with E-state index in [0.717, 1.165) is 33.7 Å². The predicted molar refractivity (Wildman–Crippen MR) is 79.3 cm³/mol. The number of anilines is 1. The Hall–Kier alpha value is -2.56. The van der Waals surface area contributed by atoms with E-state index in [0.29, 0.717) is 5.69 Å². The zero-order valence-corrected chi connectivity index (χ0v) is 11.7. The molecule has 102 valence electrons. The maximum absolute atomic E-state index is 6.00. The molecule has 0 unspecified atom stereocenters. The van der Waals surface area contributed by atoms with E-state index in [9.17, 15) is 0 Å². The van der Waals surface area contributed by atoms with Crippen molar-refractivity contribution in [2.75, 3.05) is 12.8 Å². The minimum Gasteiger partial charge on any atom is -0.497 e. The molecule has 3 aromatic rings. The average Bonchev–Trinajstić information content (AvgIpc) is 2.73. The first-order valence-electron chi connectivity index (χ1n) is 6.36. The van der Waals surface area contributed by atoms with Crippen LogP contribution in [0.4, 0.5) is 5.69 Å². The molecule has 0 radical (unpaired) electrons. The van der Waals surface area contributed by atoms with Crippen LogP contribution >= 0.6 is 0 Å². The number of ether oxygens (including phenoxy) is 1. The monoisotopic (exact) mass is 268 g/mol. The molecule has 1 aromatic carbocycles. The fraction of sp³-hybridized carbons (Fsp3) is 0.200. The molecule has 0 spiro atoms. The Bertz CT molecular complexity index is 792. The normalized spacial score (nSPS) is 10.9. The lowest BCUT2D eigenvalue weighted by Crippen LogP contribution is -2.03. The van der Waals surface area contributed by atoms with Gasteiger partial charge < -0.3 is 10.5 Å². The molecule has 20 heavy (non-hydrogen) atoms. The van der Waals surface area contributed by atoms with Gasteiger partial charge in [0.25, 0.3) is 0 Å². The van der Waals surface area contributed by atoms with Crippen molar-refractivity contribution >= 4 is 16.5 Å². The Kier molecular flexibility index (Phi) is 2.82. The first-order chi connectivity index (χ1) is 9.61. The van der Waals surface area contributed by atoms with Crippen molar-refractivity contribution in [3.63, 3.8) is 0 Å². The summed E-state index contributed by atoms with van der Waals surface area (Å²) in [7, 11) is 1.65. The molecule has 0 saturated carbocycles. The summed E-state index contributed by atoms with van der Waals surface area (Å²) < 4.78 is 7.07. The Labute approximate surface area is 117 Å². The highest BCUT2D eigenvalue weighted by Gasteiger charge is 2.13. The number of nitrogens with zero attached hydrogens (tertiary/aromatic N) is 3. The number of rotatable bonds is 2. The Morgan fingerprint density at radius 2 is 2.00 bits per heavy atom. The lowest BCUT2D eigenvalue weighted by Gasteiger charge is -2.09. The minimum absolute atomic E-state index is 0.701. The number of aromatic nitrogens is 3. The van der Waals surface area contributed by atoms with Gasteiger partial charge in [0.15, 0.2) is 5.82 Å². The van der Waals surface area contributed by atoms with Crippen molar-refractivity contribution in [1.82, 2.24) is 14.8 Å². The minimum atomic E-state index is 0.701. The molecular formula is C15H16N4O. The molecular weight excluding hydrogens is 252 g/mol. The summed E-state index contributed by atoms with van der Waals surface area (Å²) in [6.45, 7) is 3.83. The third-order valence-electron chi connectivity index (χ3n) is 3.50. The number of aryl methyl sites for hydroxylation is 1. The molecule has 3 rings (SSSR count). The van der Waals surface area contributed by atoms with E-state index in [1.807, 2.05) is 38.1 Å². The number of methoxy groups -OCH3 is 1. The Balaban J connectivity index is 2.32. The van der Waals surface area contributed by atoms with Crippen molar-refractivity contribution in [3.8, 4) is 11.6 Å². The van der Waals surface area contributed by atoms with Crippen LogP contribution < -0.4 is 10.5 Å². The number of hydrogen-bond acceptors (Lipinski definition) is 4. The van der Waals surface area contributed by atoms with Crippen molar-refractivity contribution in [3.05, 3.63) is 41.9 Å². The summed E-state index contributed by atoms with van der Waals surface area (Å²) in [5.41, 5.74) is 8.41. The number of hydrogen-bond donors (Lipinski definition) is 1. The zero-order chi connectivity index (χ0) is 14.3. The van der Waals surface area contributed by atoms with Crippen molar-refractivity contribution < 1.29 is 4.74 Å². The second-order valence-corrected chi connectivity index (χ2v) is 4.72. The maximum atomic E-state index is 6.00. The van der Waals surface area contributed by atoms with Gasteiger partial charge in [0, 0.05) is 11.6 Å². The lowest BCUT2D eigenvalue weighted by molar-refractivity contribution is 0.415. The highest BCUT2D eigenvalue weighted by molar-refractivity contribution is 5.89. The van der Waals surface area contributed by atoms with Gasteiger partial charge in [-0.25, -0.2) is 9.67 Å². The molecule has 0 aliphatic carbocycles. The summed E-state index contributed by atoms with van der Waals surface area (Å²) in [6.07, 6.45) is 1.77. The summed E-state index contributed by atoms with van der Waals surface area (Å²) >= 11 is 0. The average molecular weight is 268 g/mol. The molecule has 5 heteroatoms. The molecule has 2 heterocycles. The number of nitrogen functional groups attached to an aromatic ring is 1. The topological polar surface area (TPSA) is 66.0 Å². The second kappa shape index (κ2) is 4.52. The Morgan fingerprint density at radius 3 is 2.65 bits per heavy atom. The van der Waals surface area contributed by atoms with Crippen LogP contribution in [-0.2, 0) is 0 Å². The fourth-order valence-electron chi connectivity index (χ4n) is 2.29. The molecule has 0 bridgehead atoms. The third kappa shape index (κ3) is 1.79. The Morgan fingerprint density at radius 1 is 1.20 bits per heavy atom. The standard InChI is InChI=1S/C15H16N4O/c1-9-14(16)10(2)19(18-9)15-13-8-12(20-3)5-4-11(13)6-7-17-15/h4-8H,16H2,1-3H3. The van der Waals surface area contributed by atoms with Crippen LogP contribution in [-0.4, -0.2) is 21.9 Å². The quantitative estimate of drug-likeness (QED) is 0.776. The van der Waals surface area contributed by atoms with Gasteiger partial charge >= 0.3 is 0 Å². The van der Waals surface area contributed by atoms with E-state index in [4.69, 9.17) is 10.5 Å². The molecule has 0 amide bonds. The summed E-state index contributed by atoms with van der Waals surface area (Å²) in [6, 6.07) is 7.87. The van der Waals surface area contributed by atoms with Crippen molar-refractivity contribution in [2.24, 2.45) is 0 Å².